The third-order valence-corrected chi connectivity index (χ3v) is 3.16. The van der Waals surface area contributed by atoms with Crippen LogP contribution in [0, 0.1) is 0 Å². The number of nitrogens with one attached hydrogen (secondary N) is 1. The van der Waals surface area contributed by atoms with Gasteiger partial charge in [0.25, 0.3) is 0 Å². The van der Waals surface area contributed by atoms with Crippen molar-refractivity contribution in [2.24, 2.45) is 0 Å². The SMILES string of the molecule is CCCNC(C)c1ccc(N(CCC)CC(F)(F)F)nc1. The number of nitrogens with zero attached hydrogens (tertiary/aromatic N) is 2. The lowest BCUT2D eigenvalue weighted by Crippen LogP contribution is -2.35. The summed E-state index contributed by atoms with van der Waals surface area (Å²) in [5.41, 5.74) is 0.982. The van der Waals surface area contributed by atoms with Crippen LogP contribution >= 0.6 is 0 Å². The molecule has 1 N–H and O–H groups in total. The van der Waals surface area contributed by atoms with Crippen molar-refractivity contribution in [1.29, 1.82) is 0 Å². The fraction of sp³-hybridized carbons (Fsp3) is 0.667. The largest absolute Gasteiger partial charge is 0.405 e. The van der Waals surface area contributed by atoms with Crippen molar-refractivity contribution in [2.75, 3.05) is 24.5 Å². The molecule has 0 bridgehead atoms. The number of pyridine rings is 1. The zero-order valence-corrected chi connectivity index (χ0v) is 12.9. The normalized spacial score (nSPS) is 13.2. The maximum atomic E-state index is 12.6. The second-order valence-corrected chi connectivity index (χ2v) is 5.16. The van der Waals surface area contributed by atoms with Gasteiger partial charge < -0.3 is 10.2 Å². The van der Waals surface area contributed by atoms with Gasteiger partial charge in [-0.15, -0.1) is 0 Å². The van der Waals surface area contributed by atoms with E-state index >= 15 is 0 Å². The van der Waals surface area contributed by atoms with Gasteiger partial charge in [-0.25, -0.2) is 4.98 Å². The Balaban J connectivity index is 2.77. The molecule has 3 nitrogen and oxygen atoms in total. The van der Waals surface area contributed by atoms with Gasteiger partial charge in [0.2, 0.25) is 0 Å². The Morgan fingerprint density at radius 1 is 1.24 bits per heavy atom. The van der Waals surface area contributed by atoms with Crippen LogP contribution in [0.3, 0.4) is 0 Å². The number of alkyl halides is 3. The highest BCUT2D eigenvalue weighted by Crippen LogP contribution is 2.22. The minimum atomic E-state index is -4.22. The van der Waals surface area contributed by atoms with E-state index in [0.717, 1.165) is 18.5 Å². The Morgan fingerprint density at radius 2 is 1.95 bits per heavy atom. The summed E-state index contributed by atoms with van der Waals surface area (Å²) in [6, 6.07) is 3.66. The van der Waals surface area contributed by atoms with E-state index in [1.165, 1.54) is 4.90 Å². The van der Waals surface area contributed by atoms with E-state index in [-0.39, 0.29) is 6.04 Å². The predicted octanol–water partition coefficient (Wildman–Crippen LogP) is 3.92. The smallest absolute Gasteiger partial charge is 0.348 e. The summed E-state index contributed by atoms with van der Waals surface area (Å²) < 4.78 is 37.7. The zero-order valence-electron chi connectivity index (χ0n) is 12.9. The molecular formula is C15H24F3N3. The number of halogens is 3. The molecule has 1 heterocycles. The molecular weight excluding hydrogens is 279 g/mol. The molecule has 6 heteroatoms. The Kier molecular flexibility index (Phi) is 6.95. The minimum Gasteiger partial charge on any atom is -0.348 e. The molecule has 1 rings (SSSR count). The van der Waals surface area contributed by atoms with Crippen molar-refractivity contribution in [3.63, 3.8) is 0 Å². The molecule has 0 fully saturated rings. The molecule has 0 aliphatic heterocycles. The summed E-state index contributed by atoms with van der Waals surface area (Å²) in [5, 5.41) is 3.33. The van der Waals surface area contributed by atoms with Crippen LogP contribution in [0.1, 0.15) is 45.2 Å². The molecule has 0 aliphatic rings. The van der Waals surface area contributed by atoms with Crippen molar-refractivity contribution in [2.45, 2.75) is 45.8 Å². The molecule has 0 spiro atoms. The summed E-state index contributed by atoms with van der Waals surface area (Å²) in [6.45, 7) is 6.24. The van der Waals surface area contributed by atoms with Gasteiger partial charge in [-0.1, -0.05) is 19.9 Å². The van der Waals surface area contributed by atoms with Crippen molar-refractivity contribution >= 4 is 5.82 Å². The lowest BCUT2D eigenvalue weighted by molar-refractivity contribution is -0.119. The van der Waals surface area contributed by atoms with E-state index in [1.807, 2.05) is 19.9 Å². The first kappa shape index (κ1) is 17.8. The third kappa shape index (κ3) is 6.33. The number of anilines is 1. The number of hydrogen-bond acceptors (Lipinski definition) is 3. The molecule has 0 aliphatic carbocycles. The van der Waals surface area contributed by atoms with E-state index in [2.05, 4.69) is 17.2 Å². The van der Waals surface area contributed by atoms with Crippen LogP contribution in [-0.2, 0) is 0 Å². The van der Waals surface area contributed by atoms with Crippen LogP contribution < -0.4 is 10.2 Å². The topological polar surface area (TPSA) is 28.2 Å². The van der Waals surface area contributed by atoms with Gasteiger partial charge in [0.1, 0.15) is 12.4 Å². The van der Waals surface area contributed by atoms with Crippen molar-refractivity contribution in [3.8, 4) is 0 Å². The second-order valence-electron chi connectivity index (χ2n) is 5.16. The summed E-state index contributed by atoms with van der Waals surface area (Å²) in [4.78, 5) is 5.47. The molecule has 0 saturated heterocycles. The second kappa shape index (κ2) is 8.22. The van der Waals surface area contributed by atoms with Crippen LogP contribution in [0.25, 0.3) is 0 Å². The lowest BCUT2D eigenvalue weighted by atomic mass is 10.1. The summed E-state index contributed by atoms with van der Waals surface area (Å²) in [7, 11) is 0. The maximum Gasteiger partial charge on any atom is 0.405 e. The molecule has 0 amide bonds. The molecule has 1 aromatic heterocycles. The third-order valence-electron chi connectivity index (χ3n) is 3.16. The van der Waals surface area contributed by atoms with Gasteiger partial charge in [-0.2, -0.15) is 13.2 Å². The fourth-order valence-electron chi connectivity index (χ4n) is 2.08. The van der Waals surface area contributed by atoms with Crippen molar-refractivity contribution < 1.29 is 13.2 Å². The van der Waals surface area contributed by atoms with Crippen molar-refractivity contribution in [1.82, 2.24) is 10.3 Å². The first-order valence-corrected chi connectivity index (χ1v) is 7.38. The summed E-state index contributed by atoms with van der Waals surface area (Å²) >= 11 is 0. The van der Waals surface area contributed by atoms with Gasteiger partial charge in [-0.3, -0.25) is 0 Å². The Bertz CT molecular complexity index is 404. The fourth-order valence-corrected chi connectivity index (χ4v) is 2.08. The predicted molar refractivity (Wildman–Crippen MR) is 79.5 cm³/mol. The van der Waals surface area contributed by atoms with Crippen LogP contribution in [0.15, 0.2) is 18.3 Å². The van der Waals surface area contributed by atoms with E-state index in [1.54, 1.807) is 12.3 Å². The first-order chi connectivity index (χ1) is 9.87. The summed E-state index contributed by atoms with van der Waals surface area (Å²) in [5.74, 6) is 0.376. The van der Waals surface area contributed by atoms with Gasteiger partial charge >= 0.3 is 6.18 Å². The van der Waals surface area contributed by atoms with Crippen LogP contribution in [-0.4, -0.2) is 30.8 Å². The lowest BCUT2D eigenvalue weighted by Gasteiger charge is -2.25. The van der Waals surface area contributed by atoms with Gasteiger partial charge in [0.05, 0.1) is 0 Å². The van der Waals surface area contributed by atoms with E-state index in [9.17, 15) is 13.2 Å². The van der Waals surface area contributed by atoms with Crippen molar-refractivity contribution in [3.05, 3.63) is 23.9 Å². The molecule has 1 unspecified atom stereocenters. The highest BCUT2D eigenvalue weighted by molar-refractivity contribution is 5.40. The number of aromatic nitrogens is 1. The van der Waals surface area contributed by atoms with Gasteiger partial charge in [0.15, 0.2) is 0 Å². The Labute approximate surface area is 124 Å². The highest BCUT2D eigenvalue weighted by Gasteiger charge is 2.31. The molecule has 1 aromatic rings. The molecule has 120 valence electrons. The number of hydrogen-bond donors (Lipinski definition) is 1. The van der Waals surface area contributed by atoms with Gasteiger partial charge in [0, 0.05) is 18.8 Å². The summed E-state index contributed by atoms with van der Waals surface area (Å²) in [6.07, 6.45) is -0.882. The van der Waals surface area contributed by atoms with E-state index < -0.39 is 12.7 Å². The molecule has 1 atom stereocenters. The average Bonchev–Trinajstić information content (AvgIpc) is 2.43. The molecule has 0 aromatic carbocycles. The van der Waals surface area contributed by atoms with Crippen LogP contribution in [0.2, 0.25) is 0 Å². The molecule has 0 saturated carbocycles. The molecule has 0 radical (unpaired) electrons. The molecule has 21 heavy (non-hydrogen) atoms. The standard InChI is InChI=1S/C15H24F3N3/c1-4-8-19-12(3)13-6-7-14(20-10-13)21(9-5-2)11-15(16,17)18/h6-7,10,12,19H,4-5,8-9,11H2,1-3H3. The van der Waals surface area contributed by atoms with Crippen LogP contribution in [0.4, 0.5) is 19.0 Å². The average molecular weight is 303 g/mol. The zero-order chi connectivity index (χ0) is 15.9. The highest BCUT2D eigenvalue weighted by atomic mass is 19.4. The first-order valence-electron chi connectivity index (χ1n) is 7.38. The van der Waals surface area contributed by atoms with Gasteiger partial charge in [-0.05, 0) is 37.9 Å². The maximum absolute atomic E-state index is 12.6. The monoisotopic (exact) mass is 303 g/mol. The van der Waals surface area contributed by atoms with E-state index in [4.69, 9.17) is 0 Å². The quantitative estimate of drug-likeness (QED) is 0.789. The number of rotatable bonds is 8. The van der Waals surface area contributed by atoms with Crippen LogP contribution in [0.5, 0.6) is 0 Å². The Morgan fingerprint density at radius 3 is 2.43 bits per heavy atom. The Hall–Kier alpha value is -1.30. The van der Waals surface area contributed by atoms with E-state index in [0.29, 0.717) is 18.8 Å². The minimum absolute atomic E-state index is 0.147.